The third kappa shape index (κ3) is 13.4. The highest BCUT2D eigenvalue weighted by molar-refractivity contribution is 14.0. The summed E-state index contributed by atoms with van der Waals surface area (Å²) in [6, 6.07) is 0. The van der Waals surface area contributed by atoms with Gasteiger partial charge in [0.25, 0.3) is 0 Å². The lowest BCUT2D eigenvalue weighted by atomic mass is 9.93. The molecule has 1 aliphatic rings. The van der Waals surface area contributed by atoms with E-state index in [0.29, 0.717) is 38.1 Å². The summed E-state index contributed by atoms with van der Waals surface area (Å²) < 4.78 is 42.5. The highest BCUT2D eigenvalue weighted by Crippen LogP contribution is 2.23. The van der Waals surface area contributed by atoms with Gasteiger partial charge in [0.05, 0.1) is 6.54 Å². The number of hydrogen-bond donors (Lipinski definition) is 2. The molecular weight excluding hydrogens is 488 g/mol. The van der Waals surface area contributed by atoms with Gasteiger partial charge in [-0.15, -0.1) is 24.0 Å². The first-order valence-corrected chi connectivity index (χ1v) is 9.51. The summed E-state index contributed by atoms with van der Waals surface area (Å²) in [5.74, 6) is 0.547. The fraction of sp³-hybridized carbons (Fsp3) is 0.889. The molecule has 0 saturated carbocycles. The highest BCUT2D eigenvalue weighted by Gasteiger charge is 2.32. The lowest BCUT2D eigenvalue weighted by molar-refractivity contribution is -0.153. The van der Waals surface area contributed by atoms with Crippen molar-refractivity contribution in [2.75, 3.05) is 39.3 Å². The van der Waals surface area contributed by atoms with Gasteiger partial charge < -0.3 is 15.4 Å². The minimum atomic E-state index is -4.13. The van der Waals surface area contributed by atoms with E-state index in [1.807, 2.05) is 6.92 Å². The molecule has 0 aromatic rings. The Morgan fingerprint density at radius 2 is 1.79 bits per heavy atom. The van der Waals surface area contributed by atoms with Crippen LogP contribution < -0.4 is 10.6 Å². The third-order valence-electron chi connectivity index (χ3n) is 4.09. The minimum Gasteiger partial charge on any atom is -0.459 e. The first-order chi connectivity index (χ1) is 12.5. The van der Waals surface area contributed by atoms with Crippen molar-refractivity contribution in [1.29, 1.82) is 0 Å². The number of ether oxygens (including phenoxy) is 1. The number of rotatable bonds is 7. The third-order valence-corrected chi connectivity index (χ3v) is 4.09. The molecule has 2 N–H and O–H groups in total. The van der Waals surface area contributed by atoms with Crippen molar-refractivity contribution in [1.82, 2.24) is 15.5 Å². The molecule has 28 heavy (non-hydrogen) atoms. The molecule has 1 fully saturated rings. The second-order valence-electron chi connectivity index (χ2n) is 7.83. The van der Waals surface area contributed by atoms with Crippen molar-refractivity contribution in [3.63, 3.8) is 0 Å². The molecule has 0 unspecified atom stereocenters. The van der Waals surface area contributed by atoms with Crippen molar-refractivity contribution in [3.8, 4) is 0 Å². The van der Waals surface area contributed by atoms with Crippen LogP contribution in [0.4, 0.5) is 13.2 Å². The van der Waals surface area contributed by atoms with Gasteiger partial charge in [-0.3, -0.25) is 9.69 Å². The fourth-order valence-corrected chi connectivity index (χ4v) is 2.94. The van der Waals surface area contributed by atoms with Gasteiger partial charge in [-0.2, -0.15) is 13.2 Å². The smallest absolute Gasteiger partial charge is 0.401 e. The molecule has 10 heteroatoms. The normalized spacial score (nSPS) is 17.0. The molecule has 0 aliphatic carbocycles. The zero-order chi connectivity index (χ0) is 20.5. The molecule has 6 nitrogen and oxygen atoms in total. The number of aliphatic imine (C=N–C) groups is 1. The van der Waals surface area contributed by atoms with Gasteiger partial charge in [0, 0.05) is 13.1 Å². The molecule has 1 saturated heterocycles. The van der Waals surface area contributed by atoms with Gasteiger partial charge >= 0.3 is 12.1 Å². The molecule has 0 atom stereocenters. The molecule has 0 spiro atoms. The quantitative estimate of drug-likeness (QED) is 0.233. The standard InChI is InChI=1S/C18H33F3N4O2.HI/c1-5-22-16(24-12-15(26)27-17(2,3)4)23-9-6-14-7-10-25(11-8-14)13-18(19,20)21;/h14H,5-13H2,1-4H3,(H2,22,23,24);1H. The van der Waals surface area contributed by atoms with Crippen LogP contribution in [0.3, 0.4) is 0 Å². The molecule has 0 bridgehead atoms. The van der Waals surface area contributed by atoms with Crippen LogP contribution >= 0.6 is 24.0 Å². The van der Waals surface area contributed by atoms with E-state index in [4.69, 9.17) is 4.74 Å². The van der Waals surface area contributed by atoms with Crippen molar-refractivity contribution >= 4 is 35.9 Å². The summed E-state index contributed by atoms with van der Waals surface area (Å²) in [6.45, 7) is 8.74. The summed E-state index contributed by atoms with van der Waals surface area (Å²) >= 11 is 0. The van der Waals surface area contributed by atoms with Crippen LogP contribution in [0.2, 0.25) is 0 Å². The first kappa shape index (κ1) is 27.2. The van der Waals surface area contributed by atoms with Gasteiger partial charge in [0.1, 0.15) is 12.1 Å². The molecule has 1 heterocycles. The molecule has 0 aromatic heterocycles. The Morgan fingerprint density at radius 1 is 1.18 bits per heavy atom. The number of likely N-dealkylation sites (tertiary alicyclic amines) is 1. The van der Waals surface area contributed by atoms with E-state index in [9.17, 15) is 18.0 Å². The predicted octanol–water partition coefficient (Wildman–Crippen LogP) is 3.17. The SMILES string of the molecule is CCNC(=NCC(=O)OC(C)(C)C)NCCC1CCN(CC(F)(F)F)CC1.I. The van der Waals surface area contributed by atoms with E-state index in [-0.39, 0.29) is 30.5 Å². The number of guanidine groups is 1. The fourth-order valence-electron chi connectivity index (χ4n) is 2.94. The van der Waals surface area contributed by atoms with E-state index >= 15 is 0 Å². The number of nitrogens with one attached hydrogen (secondary N) is 2. The summed E-state index contributed by atoms with van der Waals surface area (Å²) in [7, 11) is 0. The van der Waals surface area contributed by atoms with Crippen LogP contribution in [0.15, 0.2) is 4.99 Å². The maximum absolute atomic E-state index is 12.4. The van der Waals surface area contributed by atoms with Gasteiger partial charge in [-0.1, -0.05) is 0 Å². The average Bonchev–Trinajstić information content (AvgIpc) is 2.51. The van der Waals surface area contributed by atoms with Gasteiger partial charge in [-0.25, -0.2) is 4.99 Å². The zero-order valence-electron chi connectivity index (χ0n) is 17.2. The summed E-state index contributed by atoms with van der Waals surface area (Å²) in [6.07, 6.45) is -1.73. The average molecular weight is 522 g/mol. The van der Waals surface area contributed by atoms with Crippen molar-refractivity contribution in [3.05, 3.63) is 0 Å². The second-order valence-corrected chi connectivity index (χ2v) is 7.83. The lowest BCUT2D eigenvalue weighted by Gasteiger charge is -2.32. The van der Waals surface area contributed by atoms with Gasteiger partial charge in [-0.05, 0) is 66.0 Å². The zero-order valence-corrected chi connectivity index (χ0v) is 19.5. The molecule has 166 valence electrons. The summed E-state index contributed by atoms with van der Waals surface area (Å²) in [5.41, 5.74) is -0.542. The van der Waals surface area contributed by atoms with Crippen LogP contribution in [0, 0.1) is 5.92 Å². The topological polar surface area (TPSA) is 66.0 Å². The van der Waals surface area contributed by atoms with E-state index in [2.05, 4.69) is 15.6 Å². The van der Waals surface area contributed by atoms with Gasteiger partial charge in [0.15, 0.2) is 5.96 Å². The molecule has 1 rings (SSSR count). The summed E-state index contributed by atoms with van der Waals surface area (Å²) in [5, 5.41) is 6.24. The molecule has 0 aromatic carbocycles. The van der Waals surface area contributed by atoms with Crippen molar-refractivity contribution in [2.24, 2.45) is 10.9 Å². The van der Waals surface area contributed by atoms with Crippen LogP contribution in [-0.4, -0.2) is 67.9 Å². The maximum atomic E-state index is 12.4. The Bertz CT molecular complexity index is 488. The Balaban J connectivity index is 0.00000729. The maximum Gasteiger partial charge on any atom is 0.401 e. The number of alkyl halides is 3. The Kier molecular flexibility index (Phi) is 12.4. The number of piperidine rings is 1. The molecule has 0 radical (unpaired) electrons. The largest absolute Gasteiger partial charge is 0.459 e. The minimum absolute atomic E-state index is 0. The van der Waals surface area contributed by atoms with Crippen LogP contribution in [-0.2, 0) is 9.53 Å². The van der Waals surface area contributed by atoms with Crippen LogP contribution in [0.5, 0.6) is 0 Å². The Hall–Kier alpha value is -0.780. The van der Waals surface area contributed by atoms with Crippen molar-refractivity contribution in [2.45, 2.75) is 58.7 Å². The molecule has 1 aliphatic heterocycles. The van der Waals surface area contributed by atoms with E-state index in [1.165, 1.54) is 4.90 Å². The lowest BCUT2D eigenvalue weighted by Crippen LogP contribution is -2.42. The second kappa shape index (κ2) is 12.7. The van der Waals surface area contributed by atoms with Crippen LogP contribution in [0.25, 0.3) is 0 Å². The number of carbonyl (C=O) groups excluding carboxylic acids is 1. The summed E-state index contributed by atoms with van der Waals surface area (Å²) in [4.78, 5) is 17.4. The first-order valence-electron chi connectivity index (χ1n) is 9.51. The van der Waals surface area contributed by atoms with Crippen LogP contribution in [0.1, 0.15) is 47.0 Å². The van der Waals surface area contributed by atoms with Crippen molar-refractivity contribution < 1.29 is 22.7 Å². The Labute approximate surface area is 183 Å². The molecular formula is C18H34F3IN4O2. The number of carbonyl (C=O) groups is 1. The molecule has 0 amide bonds. The van der Waals surface area contributed by atoms with E-state index in [1.54, 1.807) is 20.8 Å². The highest BCUT2D eigenvalue weighted by atomic mass is 127. The predicted molar refractivity (Wildman–Crippen MR) is 115 cm³/mol. The van der Waals surface area contributed by atoms with E-state index < -0.39 is 24.3 Å². The number of halogens is 4. The monoisotopic (exact) mass is 522 g/mol. The Morgan fingerprint density at radius 3 is 2.29 bits per heavy atom. The number of hydrogen-bond acceptors (Lipinski definition) is 4. The number of nitrogens with zero attached hydrogens (tertiary/aromatic N) is 2. The number of esters is 1. The van der Waals surface area contributed by atoms with E-state index in [0.717, 1.165) is 19.3 Å². The van der Waals surface area contributed by atoms with Gasteiger partial charge in [0.2, 0.25) is 0 Å².